The highest BCUT2D eigenvalue weighted by molar-refractivity contribution is 7.80. The number of rotatable bonds is 4. The number of hydrogen-bond donors (Lipinski definition) is 2. The van der Waals surface area contributed by atoms with Gasteiger partial charge in [0.1, 0.15) is 0 Å². The first-order chi connectivity index (χ1) is 8.79. The third-order valence-corrected chi connectivity index (χ3v) is 3.73. The zero-order valence-corrected chi connectivity index (χ0v) is 11.7. The van der Waals surface area contributed by atoms with Crippen molar-refractivity contribution in [3.8, 4) is 0 Å². The maximum absolute atomic E-state index is 5.32. The molecule has 1 fully saturated rings. The van der Waals surface area contributed by atoms with Crippen molar-refractivity contribution in [1.82, 2.24) is 15.6 Å². The smallest absolute Gasteiger partial charge is 0.166 e. The van der Waals surface area contributed by atoms with Crippen LogP contribution in [0.2, 0.25) is 0 Å². The van der Waals surface area contributed by atoms with E-state index in [2.05, 4.69) is 28.6 Å². The van der Waals surface area contributed by atoms with Gasteiger partial charge in [-0.25, -0.2) is 0 Å². The summed E-state index contributed by atoms with van der Waals surface area (Å²) in [5, 5.41) is 7.40. The molecule has 2 N–H and O–H groups in total. The fraction of sp³-hybridized carbons (Fsp3) is 0.571. The lowest BCUT2D eigenvalue weighted by molar-refractivity contribution is 0.620. The Kier molecular flexibility index (Phi) is 4.93. The first kappa shape index (κ1) is 13.3. The minimum absolute atomic E-state index is 0.569. The van der Waals surface area contributed by atoms with Gasteiger partial charge in [0.2, 0.25) is 0 Å². The summed E-state index contributed by atoms with van der Waals surface area (Å²) in [4.78, 5) is 4.40. The summed E-state index contributed by atoms with van der Waals surface area (Å²) in [7, 11) is 0. The van der Waals surface area contributed by atoms with Gasteiger partial charge >= 0.3 is 0 Å². The van der Waals surface area contributed by atoms with E-state index in [4.69, 9.17) is 12.2 Å². The van der Waals surface area contributed by atoms with E-state index in [1.54, 1.807) is 0 Å². The first-order valence-electron chi connectivity index (χ1n) is 6.76. The maximum atomic E-state index is 5.32. The van der Waals surface area contributed by atoms with E-state index in [1.807, 2.05) is 12.3 Å². The lowest BCUT2D eigenvalue weighted by atomic mass is 10.1. The van der Waals surface area contributed by atoms with Gasteiger partial charge in [0.05, 0.1) is 12.2 Å². The van der Waals surface area contributed by atoms with Crippen LogP contribution in [0.3, 0.4) is 0 Å². The van der Waals surface area contributed by atoms with Gasteiger partial charge in [0, 0.05) is 12.2 Å². The molecule has 0 saturated heterocycles. The third-order valence-electron chi connectivity index (χ3n) is 3.47. The zero-order chi connectivity index (χ0) is 12.8. The van der Waals surface area contributed by atoms with Crippen molar-refractivity contribution in [2.45, 2.75) is 51.6 Å². The van der Waals surface area contributed by atoms with Gasteiger partial charge in [0.15, 0.2) is 5.11 Å². The standard InChI is InChI=1S/C14H21N3S/c1-2-11-6-5-9-15-13(11)10-16-14(18)17-12-7-3-4-8-12/h5-6,9,12H,2-4,7-8,10H2,1H3,(H2,16,17,18). The first-order valence-corrected chi connectivity index (χ1v) is 7.17. The van der Waals surface area contributed by atoms with E-state index >= 15 is 0 Å². The van der Waals surface area contributed by atoms with Crippen LogP contribution in [0.25, 0.3) is 0 Å². The van der Waals surface area contributed by atoms with Gasteiger partial charge in [-0.05, 0) is 43.1 Å². The van der Waals surface area contributed by atoms with Crippen molar-refractivity contribution in [1.29, 1.82) is 0 Å². The molecule has 0 spiro atoms. The predicted molar refractivity (Wildman–Crippen MR) is 78.4 cm³/mol. The van der Waals surface area contributed by atoms with Crippen LogP contribution in [-0.4, -0.2) is 16.1 Å². The normalized spacial score (nSPS) is 15.6. The molecule has 0 aliphatic heterocycles. The molecule has 1 saturated carbocycles. The average molecular weight is 263 g/mol. The van der Waals surface area contributed by atoms with Gasteiger partial charge in [-0.1, -0.05) is 25.8 Å². The van der Waals surface area contributed by atoms with Crippen LogP contribution < -0.4 is 10.6 Å². The summed E-state index contributed by atoms with van der Waals surface area (Å²) in [6.07, 6.45) is 7.97. The van der Waals surface area contributed by atoms with Crippen molar-refractivity contribution in [3.63, 3.8) is 0 Å². The van der Waals surface area contributed by atoms with E-state index in [9.17, 15) is 0 Å². The topological polar surface area (TPSA) is 37.0 Å². The SMILES string of the molecule is CCc1cccnc1CNC(=S)NC1CCCC1. The highest BCUT2D eigenvalue weighted by Crippen LogP contribution is 2.17. The molecule has 0 aromatic carbocycles. The Hall–Kier alpha value is -1.16. The lowest BCUT2D eigenvalue weighted by Gasteiger charge is -2.16. The van der Waals surface area contributed by atoms with Crippen LogP contribution in [0.1, 0.15) is 43.9 Å². The molecule has 1 aromatic rings. The van der Waals surface area contributed by atoms with Crippen molar-refractivity contribution >= 4 is 17.3 Å². The van der Waals surface area contributed by atoms with Gasteiger partial charge in [-0.2, -0.15) is 0 Å². The Bertz CT molecular complexity index is 400. The summed E-state index contributed by atoms with van der Waals surface area (Å²) < 4.78 is 0. The Balaban J connectivity index is 1.81. The number of hydrogen-bond acceptors (Lipinski definition) is 2. The van der Waals surface area contributed by atoms with E-state index in [0.29, 0.717) is 12.6 Å². The molecule has 98 valence electrons. The number of nitrogens with one attached hydrogen (secondary N) is 2. The second kappa shape index (κ2) is 6.69. The molecule has 3 nitrogen and oxygen atoms in total. The third kappa shape index (κ3) is 3.67. The highest BCUT2D eigenvalue weighted by Gasteiger charge is 2.15. The van der Waals surface area contributed by atoms with Gasteiger partial charge < -0.3 is 10.6 Å². The molecule has 1 aliphatic carbocycles. The largest absolute Gasteiger partial charge is 0.360 e. The fourth-order valence-electron chi connectivity index (χ4n) is 2.42. The minimum Gasteiger partial charge on any atom is -0.360 e. The molecule has 1 aromatic heterocycles. The summed E-state index contributed by atoms with van der Waals surface area (Å²) in [5.41, 5.74) is 2.38. The highest BCUT2D eigenvalue weighted by atomic mass is 32.1. The maximum Gasteiger partial charge on any atom is 0.166 e. The summed E-state index contributed by atoms with van der Waals surface area (Å²) >= 11 is 5.32. The Morgan fingerprint density at radius 2 is 2.22 bits per heavy atom. The minimum atomic E-state index is 0.569. The van der Waals surface area contributed by atoms with Crippen LogP contribution in [0.4, 0.5) is 0 Å². The fourth-order valence-corrected chi connectivity index (χ4v) is 2.66. The number of aromatic nitrogens is 1. The van der Waals surface area contributed by atoms with Gasteiger partial charge in [-0.3, -0.25) is 4.98 Å². The van der Waals surface area contributed by atoms with Crippen molar-refractivity contribution in [2.24, 2.45) is 0 Å². The summed E-state index contributed by atoms with van der Waals surface area (Å²) in [5.74, 6) is 0. The quantitative estimate of drug-likeness (QED) is 0.819. The van der Waals surface area contributed by atoms with Gasteiger partial charge in [0.25, 0.3) is 0 Å². The van der Waals surface area contributed by atoms with E-state index in [-0.39, 0.29) is 0 Å². The molecule has 0 amide bonds. The van der Waals surface area contributed by atoms with E-state index < -0.39 is 0 Å². The number of thiocarbonyl (C=S) groups is 1. The van der Waals surface area contributed by atoms with Crippen LogP contribution >= 0.6 is 12.2 Å². The molecular formula is C14H21N3S. The van der Waals surface area contributed by atoms with Crippen molar-refractivity contribution in [2.75, 3.05) is 0 Å². The molecule has 2 rings (SSSR count). The molecular weight excluding hydrogens is 242 g/mol. The molecule has 1 heterocycles. The van der Waals surface area contributed by atoms with Crippen LogP contribution in [-0.2, 0) is 13.0 Å². The van der Waals surface area contributed by atoms with E-state index in [1.165, 1.54) is 31.2 Å². The summed E-state index contributed by atoms with van der Waals surface area (Å²) in [6, 6.07) is 4.67. The van der Waals surface area contributed by atoms with Crippen molar-refractivity contribution in [3.05, 3.63) is 29.6 Å². The molecule has 0 atom stereocenters. The van der Waals surface area contributed by atoms with Crippen LogP contribution in [0, 0.1) is 0 Å². The molecule has 1 aliphatic rings. The molecule has 0 radical (unpaired) electrons. The molecule has 0 bridgehead atoms. The second-order valence-electron chi connectivity index (χ2n) is 4.77. The van der Waals surface area contributed by atoms with Crippen molar-refractivity contribution < 1.29 is 0 Å². The van der Waals surface area contributed by atoms with Crippen LogP contribution in [0.15, 0.2) is 18.3 Å². The molecule has 4 heteroatoms. The number of pyridine rings is 1. The second-order valence-corrected chi connectivity index (χ2v) is 5.18. The Morgan fingerprint density at radius 1 is 1.44 bits per heavy atom. The monoisotopic (exact) mass is 263 g/mol. The average Bonchev–Trinajstić information content (AvgIpc) is 2.89. The Morgan fingerprint density at radius 3 is 2.94 bits per heavy atom. The molecule has 18 heavy (non-hydrogen) atoms. The van der Waals surface area contributed by atoms with Gasteiger partial charge in [-0.15, -0.1) is 0 Å². The predicted octanol–water partition coefficient (Wildman–Crippen LogP) is 2.55. The summed E-state index contributed by atoms with van der Waals surface area (Å²) in [6.45, 7) is 2.86. The lowest BCUT2D eigenvalue weighted by Crippen LogP contribution is -2.40. The zero-order valence-electron chi connectivity index (χ0n) is 10.9. The molecule has 0 unspecified atom stereocenters. The number of nitrogens with zero attached hydrogens (tertiary/aromatic N) is 1. The van der Waals surface area contributed by atoms with E-state index in [0.717, 1.165) is 17.2 Å². The Labute approximate surface area is 114 Å². The number of aryl methyl sites for hydroxylation is 1. The van der Waals surface area contributed by atoms with Crippen LogP contribution in [0.5, 0.6) is 0 Å².